The molecule has 1 saturated heterocycles. The van der Waals surface area contributed by atoms with E-state index in [1.54, 1.807) is 11.3 Å². The lowest BCUT2D eigenvalue weighted by atomic mass is 9.77. The number of carbonyl (C=O) groups excluding carboxylic acids is 1. The maximum absolute atomic E-state index is 12.5. The van der Waals surface area contributed by atoms with Crippen molar-refractivity contribution < 1.29 is 9.90 Å². The van der Waals surface area contributed by atoms with Crippen LogP contribution in [0, 0.1) is 5.41 Å². The highest BCUT2D eigenvalue weighted by atomic mass is 32.1. The average Bonchev–Trinajstić information content (AvgIpc) is 3.17. The summed E-state index contributed by atoms with van der Waals surface area (Å²) in [6.07, 6.45) is 2.69. The molecule has 0 bridgehead atoms. The zero-order valence-corrected chi connectivity index (χ0v) is 14.8. The summed E-state index contributed by atoms with van der Waals surface area (Å²) in [5.74, 6) is 0. The van der Waals surface area contributed by atoms with Crippen LogP contribution in [0.4, 0.5) is 10.5 Å². The fourth-order valence-electron chi connectivity index (χ4n) is 3.20. The van der Waals surface area contributed by atoms with Crippen LogP contribution in [0.15, 0.2) is 41.8 Å². The number of hydrogen-bond donors (Lipinski definition) is 2. The second-order valence-corrected chi connectivity index (χ2v) is 7.43. The van der Waals surface area contributed by atoms with Gasteiger partial charge in [0.05, 0.1) is 0 Å². The Morgan fingerprint density at radius 3 is 2.71 bits per heavy atom. The summed E-state index contributed by atoms with van der Waals surface area (Å²) in [6, 6.07) is 12.0. The number of rotatable bonds is 4. The zero-order chi connectivity index (χ0) is 17.0. The number of nitrogens with one attached hydrogen (secondary N) is 1. The number of aliphatic hydroxyl groups is 1. The van der Waals surface area contributed by atoms with Crippen LogP contribution in [0.25, 0.3) is 10.4 Å². The van der Waals surface area contributed by atoms with E-state index in [9.17, 15) is 9.90 Å². The predicted octanol–water partition coefficient (Wildman–Crippen LogP) is 4.43. The van der Waals surface area contributed by atoms with Crippen molar-refractivity contribution in [1.29, 1.82) is 0 Å². The van der Waals surface area contributed by atoms with E-state index >= 15 is 0 Å². The zero-order valence-electron chi connectivity index (χ0n) is 14.0. The molecule has 24 heavy (non-hydrogen) atoms. The number of carbonyl (C=O) groups is 1. The van der Waals surface area contributed by atoms with Gasteiger partial charge in [0.1, 0.15) is 0 Å². The minimum absolute atomic E-state index is 0.00410. The first-order valence-electron chi connectivity index (χ1n) is 8.46. The van der Waals surface area contributed by atoms with E-state index in [1.165, 1.54) is 4.88 Å². The van der Waals surface area contributed by atoms with Gasteiger partial charge >= 0.3 is 6.03 Å². The predicted molar refractivity (Wildman–Crippen MR) is 99.4 cm³/mol. The molecule has 2 N–H and O–H groups in total. The lowest BCUT2D eigenvalue weighted by molar-refractivity contribution is 0.0542. The van der Waals surface area contributed by atoms with E-state index in [0.717, 1.165) is 30.5 Å². The Morgan fingerprint density at radius 2 is 2.08 bits per heavy atom. The standard InChI is InChI=1S/C19H24N2O2S/c1-2-19(14-22)8-10-21(11-9-19)18(23)20-16-6-3-5-15(13-16)17-7-4-12-24-17/h3-7,12-13,22H,2,8-11,14H2,1H3,(H,20,23). The normalized spacial score (nSPS) is 16.8. The molecule has 1 aliphatic rings. The summed E-state index contributed by atoms with van der Waals surface area (Å²) in [5.41, 5.74) is 1.93. The molecule has 2 aromatic rings. The second kappa shape index (κ2) is 7.36. The summed E-state index contributed by atoms with van der Waals surface area (Å²) in [6.45, 7) is 3.72. The van der Waals surface area contributed by atoms with Crippen molar-refractivity contribution in [3.8, 4) is 10.4 Å². The average molecular weight is 344 g/mol. The highest BCUT2D eigenvalue weighted by Crippen LogP contribution is 2.34. The van der Waals surface area contributed by atoms with E-state index < -0.39 is 0 Å². The summed E-state index contributed by atoms with van der Waals surface area (Å²) < 4.78 is 0. The van der Waals surface area contributed by atoms with Crippen LogP contribution in [0.1, 0.15) is 26.2 Å². The first-order chi connectivity index (χ1) is 11.7. The largest absolute Gasteiger partial charge is 0.396 e. The third-order valence-electron chi connectivity index (χ3n) is 5.12. The maximum atomic E-state index is 12.5. The molecular formula is C19H24N2O2S. The number of nitrogens with zero attached hydrogens (tertiary/aromatic N) is 1. The Balaban J connectivity index is 1.63. The number of hydrogen-bond acceptors (Lipinski definition) is 3. The Labute approximate surface area is 147 Å². The van der Waals surface area contributed by atoms with Crippen molar-refractivity contribution in [3.05, 3.63) is 41.8 Å². The Morgan fingerprint density at radius 1 is 1.29 bits per heavy atom. The second-order valence-electron chi connectivity index (χ2n) is 6.49. The van der Waals surface area contributed by atoms with E-state index in [2.05, 4.69) is 29.8 Å². The molecule has 1 fully saturated rings. The number of urea groups is 1. The maximum Gasteiger partial charge on any atom is 0.321 e. The van der Waals surface area contributed by atoms with Gasteiger partial charge in [0.25, 0.3) is 0 Å². The number of aliphatic hydroxyl groups excluding tert-OH is 1. The minimum Gasteiger partial charge on any atom is -0.396 e. The van der Waals surface area contributed by atoms with Crippen molar-refractivity contribution in [2.75, 3.05) is 25.0 Å². The van der Waals surface area contributed by atoms with E-state index in [4.69, 9.17) is 0 Å². The molecule has 1 aromatic heterocycles. The molecule has 0 unspecified atom stereocenters. The monoisotopic (exact) mass is 344 g/mol. The SMILES string of the molecule is CCC1(CO)CCN(C(=O)Nc2cccc(-c3cccs3)c2)CC1. The molecule has 0 atom stereocenters. The number of piperidine rings is 1. The minimum atomic E-state index is -0.0547. The number of amides is 2. The summed E-state index contributed by atoms with van der Waals surface area (Å²) in [7, 11) is 0. The van der Waals surface area contributed by atoms with Gasteiger partial charge in [0.15, 0.2) is 0 Å². The number of thiophene rings is 1. The van der Waals surface area contributed by atoms with Crippen molar-refractivity contribution in [2.45, 2.75) is 26.2 Å². The first kappa shape index (κ1) is 17.0. The van der Waals surface area contributed by atoms with Gasteiger partial charge in [0, 0.05) is 30.3 Å². The Bertz CT molecular complexity index is 670. The number of anilines is 1. The molecule has 0 spiro atoms. The molecule has 0 aliphatic carbocycles. The molecule has 4 nitrogen and oxygen atoms in total. The molecular weight excluding hydrogens is 320 g/mol. The number of likely N-dealkylation sites (tertiary alicyclic amines) is 1. The van der Waals surface area contributed by atoms with Gasteiger partial charge in [0.2, 0.25) is 0 Å². The fourth-order valence-corrected chi connectivity index (χ4v) is 3.93. The molecule has 5 heteroatoms. The first-order valence-corrected chi connectivity index (χ1v) is 9.34. The van der Waals surface area contributed by atoms with Gasteiger partial charge in [-0.05, 0) is 53.8 Å². The van der Waals surface area contributed by atoms with Crippen LogP contribution < -0.4 is 5.32 Å². The molecule has 2 heterocycles. The van der Waals surface area contributed by atoms with Crippen LogP contribution in [-0.2, 0) is 0 Å². The molecule has 1 aliphatic heterocycles. The van der Waals surface area contributed by atoms with Gasteiger partial charge in [-0.1, -0.05) is 25.1 Å². The van der Waals surface area contributed by atoms with Crippen molar-refractivity contribution in [2.24, 2.45) is 5.41 Å². The lowest BCUT2D eigenvalue weighted by Crippen LogP contribution is -2.46. The van der Waals surface area contributed by atoms with Gasteiger partial charge in [-0.25, -0.2) is 4.79 Å². The van der Waals surface area contributed by atoms with E-state index in [0.29, 0.717) is 13.1 Å². The van der Waals surface area contributed by atoms with Gasteiger partial charge in [-0.15, -0.1) is 11.3 Å². The summed E-state index contributed by atoms with van der Waals surface area (Å²) in [4.78, 5) is 15.6. The fraction of sp³-hybridized carbons (Fsp3) is 0.421. The van der Waals surface area contributed by atoms with E-state index in [1.807, 2.05) is 29.2 Å². The van der Waals surface area contributed by atoms with Crippen molar-refractivity contribution >= 4 is 23.1 Å². The molecule has 1 aromatic carbocycles. The van der Waals surface area contributed by atoms with Gasteiger partial charge in [-0.3, -0.25) is 0 Å². The molecule has 2 amide bonds. The van der Waals surface area contributed by atoms with Crippen molar-refractivity contribution in [1.82, 2.24) is 4.90 Å². The molecule has 128 valence electrons. The van der Waals surface area contributed by atoms with Crippen LogP contribution in [0.2, 0.25) is 0 Å². The lowest BCUT2D eigenvalue weighted by Gasteiger charge is -2.40. The van der Waals surface area contributed by atoms with Gasteiger partial charge in [-0.2, -0.15) is 0 Å². The molecule has 0 saturated carbocycles. The molecule has 3 rings (SSSR count). The Kier molecular flexibility index (Phi) is 5.21. The highest BCUT2D eigenvalue weighted by molar-refractivity contribution is 7.13. The third-order valence-corrected chi connectivity index (χ3v) is 6.04. The van der Waals surface area contributed by atoms with Crippen LogP contribution in [0.3, 0.4) is 0 Å². The smallest absolute Gasteiger partial charge is 0.321 e. The Hall–Kier alpha value is -1.85. The van der Waals surface area contributed by atoms with Crippen LogP contribution in [-0.4, -0.2) is 35.7 Å². The number of benzene rings is 1. The quantitative estimate of drug-likeness (QED) is 0.862. The summed E-state index contributed by atoms with van der Waals surface area (Å²) in [5, 5.41) is 14.7. The molecule has 0 radical (unpaired) electrons. The topological polar surface area (TPSA) is 52.6 Å². The third kappa shape index (κ3) is 3.62. The van der Waals surface area contributed by atoms with E-state index in [-0.39, 0.29) is 18.1 Å². The highest BCUT2D eigenvalue weighted by Gasteiger charge is 2.33. The van der Waals surface area contributed by atoms with Crippen LogP contribution in [0.5, 0.6) is 0 Å². The van der Waals surface area contributed by atoms with Crippen molar-refractivity contribution in [3.63, 3.8) is 0 Å². The van der Waals surface area contributed by atoms with Gasteiger partial charge < -0.3 is 15.3 Å². The summed E-state index contributed by atoms with van der Waals surface area (Å²) >= 11 is 1.69. The van der Waals surface area contributed by atoms with Crippen LogP contribution >= 0.6 is 11.3 Å².